The molecule has 4 atom stereocenters. The summed E-state index contributed by atoms with van der Waals surface area (Å²) in [7, 11) is -3.78. The first-order chi connectivity index (χ1) is 18.4. The summed E-state index contributed by atoms with van der Waals surface area (Å²) in [4.78, 5) is 54.6. The van der Waals surface area contributed by atoms with Gasteiger partial charge in [-0.25, -0.2) is 13.2 Å². The van der Waals surface area contributed by atoms with E-state index < -0.39 is 56.4 Å². The smallest absolute Gasteiger partial charge is 0.408 e. The molecule has 3 fully saturated rings. The van der Waals surface area contributed by atoms with Gasteiger partial charge in [0.05, 0.1) is 5.25 Å². The van der Waals surface area contributed by atoms with Crippen LogP contribution in [0.25, 0.3) is 0 Å². The number of carbonyl (C=O) groups excluding carboxylic acids is 4. The van der Waals surface area contributed by atoms with Crippen LogP contribution in [0.1, 0.15) is 91.4 Å². The van der Waals surface area contributed by atoms with E-state index in [1.807, 2.05) is 19.1 Å². The Morgan fingerprint density at radius 2 is 1.87 bits per heavy atom. The summed E-state index contributed by atoms with van der Waals surface area (Å²) in [5.41, 5.74) is -2.04. The zero-order chi connectivity index (χ0) is 28.4. The summed E-state index contributed by atoms with van der Waals surface area (Å²) < 4.78 is 32.7. The molecular formula is C27H42N4O7S. The van der Waals surface area contributed by atoms with Gasteiger partial charge in [-0.3, -0.25) is 19.1 Å². The Balaban J connectivity index is 1.53. The summed E-state index contributed by atoms with van der Waals surface area (Å²) in [5.74, 6) is -1.89. The number of sulfonamides is 1. The zero-order valence-corrected chi connectivity index (χ0v) is 24.0. The van der Waals surface area contributed by atoms with Crippen molar-refractivity contribution in [2.45, 2.75) is 120 Å². The van der Waals surface area contributed by atoms with Gasteiger partial charge in [-0.05, 0) is 71.6 Å². The summed E-state index contributed by atoms with van der Waals surface area (Å²) in [6, 6.07) is -1.65. The third kappa shape index (κ3) is 6.93. The number of fused-ring (bicyclic) bond motifs is 2. The lowest BCUT2D eigenvalue weighted by atomic mass is 10.0. The van der Waals surface area contributed by atoms with Crippen molar-refractivity contribution in [1.29, 1.82) is 0 Å². The summed E-state index contributed by atoms with van der Waals surface area (Å²) in [5, 5.41) is 5.00. The average Bonchev–Trinajstić information content (AvgIpc) is 3.78. The van der Waals surface area contributed by atoms with E-state index in [1.165, 1.54) is 4.90 Å². The van der Waals surface area contributed by atoms with Gasteiger partial charge in [0.2, 0.25) is 21.8 Å². The second kappa shape index (κ2) is 11.5. The Kier molecular flexibility index (Phi) is 8.63. The van der Waals surface area contributed by atoms with Gasteiger partial charge < -0.3 is 20.3 Å². The summed E-state index contributed by atoms with van der Waals surface area (Å²) >= 11 is 0. The van der Waals surface area contributed by atoms with Gasteiger partial charge in [-0.1, -0.05) is 31.9 Å². The first-order valence-corrected chi connectivity index (χ1v) is 15.8. The molecule has 39 heavy (non-hydrogen) atoms. The molecule has 4 rings (SSSR count). The van der Waals surface area contributed by atoms with E-state index in [1.54, 1.807) is 13.8 Å². The van der Waals surface area contributed by atoms with Crippen molar-refractivity contribution < 1.29 is 32.3 Å². The van der Waals surface area contributed by atoms with Crippen LogP contribution in [0.3, 0.4) is 0 Å². The van der Waals surface area contributed by atoms with Crippen LogP contribution in [0.15, 0.2) is 12.2 Å². The Bertz CT molecular complexity index is 1120. The number of alkyl carbamates (subject to hydrolysis) is 1. The number of rotatable bonds is 6. The fourth-order valence-corrected chi connectivity index (χ4v) is 6.63. The Hall–Kier alpha value is -2.63. The maximum atomic E-state index is 13.7. The number of hydrogen-bond donors (Lipinski definition) is 3. The fraction of sp³-hybridized carbons (Fsp3) is 0.778. The third-order valence-electron chi connectivity index (χ3n) is 8.35. The van der Waals surface area contributed by atoms with Gasteiger partial charge in [-0.2, -0.15) is 0 Å². The van der Waals surface area contributed by atoms with Crippen LogP contribution in [0.2, 0.25) is 0 Å². The van der Waals surface area contributed by atoms with E-state index in [-0.39, 0.29) is 11.8 Å². The quantitative estimate of drug-likeness (QED) is 0.417. The fourth-order valence-electron chi connectivity index (χ4n) is 5.27. The molecule has 4 amide bonds. The van der Waals surface area contributed by atoms with E-state index >= 15 is 0 Å². The highest BCUT2D eigenvalue weighted by molar-refractivity contribution is 7.91. The maximum absolute atomic E-state index is 13.7. The monoisotopic (exact) mass is 566 g/mol. The van der Waals surface area contributed by atoms with Crippen molar-refractivity contribution in [3.63, 3.8) is 0 Å². The molecule has 2 saturated carbocycles. The number of nitrogens with one attached hydrogen (secondary N) is 3. The number of ether oxygens (including phenoxy) is 1. The van der Waals surface area contributed by atoms with Crippen LogP contribution in [0, 0.1) is 5.92 Å². The lowest BCUT2D eigenvalue weighted by molar-refractivity contribution is -0.141. The van der Waals surface area contributed by atoms with Crippen LogP contribution >= 0.6 is 0 Å². The second-order valence-electron chi connectivity index (χ2n) is 11.9. The number of allylic oxidation sites excluding steroid dienone is 1. The first kappa shape index (κ1) is 29.4. The molecule has 0 aromatic rings. The maximum Gasteiger partial charge on any atom is 0.408 e. The van der Waals surface area contributed by atoms with Crippen molar-refractivity contribution in [3.8, 4) is 0 Å². The van der Waals surface area contributed by atoms with E-state index in [0.29, 0.717) is 57.9 Å². The Morgan fingerprint density at radius 1 is 1.13 bits per heavy atom. The van der Waals surface area contributed by atoms with Gasteiger partial charge in [0, 0.05) is 12.5 Å². The normalized spacial score (nSPS) is 30.2. The predicted octanol–water partition coefficient (Wildman–Crippen LogP) is 2.26. The van der Waals surface area contributed by atoms with Crippen molar-refractivity contribution in [3.05, 3.63) is 12.2 Å². The Labute approximate surface area is 230 Å². The molecule has 2 aliphatic heterocycles. The average molecular weight is 567 g/mol. The van der Waals surface area contributed by atoms with Gasteiger partial charge in [0.25, 0.3) is 5.91 Å². The van der Waals surface area contributed by atoms with Crippen LogP contribution in [-0.4, -0.2) is 72.2 Å². The molecular weight excluding hydrogens is 524 g/mol. The van der Waals surface area contributed by atoms with Crippen molar-refractivity contribution in [2.75, 3.05) is 6.54 Å². The zero-order valence-electron chi connectivity index (χ0n) is 23.2. The summed E-state index contributed by atoms with van der Waals surface area (Å²) in [6.45, 7) is 5.85. The molecule has 11 nitrogen and oxygen atoms in total. The number of hydrogen-bond acceptors (Lipinski definition) is 7. The molecule has 2 heterocycles. The predicted molar refractivity (Wildman–Crippen MR) is 144 cm³/mol. The molecule has 4 unspecified atom stereocenters. The minimum absolute atomic E-state index is 0.297. The van der Waals surface area contributed by atoms with Crippen LogP contribution < -0.4 is 15.4 Å². The van der Waals surface area contributed by atoms with E-state index in [4.69, 9.17) is 4.74 Å². The molecule has 0 radical (unpaired) electrons. The molecule has 4 aliphatic rings. The minimum Gasteiger partial charge on any atom is -0.444 e. The number of amides is 4. The van der Waals surface area contributed by atoms with Gasteiger partial charge in [-0.15, -0.1) is 0 Å². The van der Waals surface area contributed by atoms with Crippen LogP contribution in [0.4, 0.5) is 4.79 Å². The highest BCUT2D eigenvalue weighted by atomic mass is 32.2. The minimum atomic E-state index is -3.78. The molecule has 3 N–H and O–H groups in total. The van der Waals surface area contributed by atoms with E-state index in [9.17, 15) is 27.6 Å². The molecule has 1 saturated heterocycles. The SMILES string of the molecule is CCC(C)(C)OC(=O)NC1CCCCCC=CC2CC2(C(=O)NS(=O)(=O)C2CC2)NC(=O)C2CCCN2C1=O. The molecule has 218 valence electrons. The highest BCUT2D eigenvalue weighted by Gasteiger charge is 2.61. The standard InChI is InChI=1S/C27H42N4O7S/c1-4-26(2,3)38-25(35)28-20-12-9-7-5-6-8-11-18-17-27(18,24(34)30-39(36,37)19-14-15-19)29-22(32)21-13-10-16-31(21)23(20)33/h8,11,18-21H,4-7,9-10,12-17H2,1-3H3,(H,28,35)(H,29,32)(H,30,34). The van der Waals surface area contributed by atoms with Gasteiger partial charge in [0.1, 0.15) is 23.2 Å². The van der Waals surface area contributed by atoms with E-state index in [2.05, 4.69) is 15.4 Å². The Morgan fingerprint density at radius 3 is 2.56 bits per heavy atom. The topological polar surface area (TPSA) is 151 Å². The lowest BCUT2D eigenvalue weighted by Gasteiger charge is -2.31. The van der Waals surface area contributed by atoms with Gasteiger partial charge in [0.15, 0.2) is 0 Å². The molecule has 12 heteroatoms. The molecule has 0 spiro atoms. The number of carbonyl (C=O) groups is 4. The van der Waals surface area contributed by atoms with Crippen LogP contribution in [-0.2, 0) is 29.1 Å². The van der Waals surface area contributed by atoms with Crippen molar-refractivity contribution >= 4 is 33.8 Å². The van der Waals surface area contributed by atoms with Gasteiger partial charge >= 0.3 is 6.09 Å². The second-order valence-corrected chi connectivity index (χ2v) is 13.9. The lowest BCUT2D eigenvalue weighted by Crippen LogP contribution is -2.58. The van der Waals surface area contributed by atoms with Crippen molar-refractivity contribution in [1.82, 2.24) is 20.3 Å². The van der Waals surface area contributed by atoms with Crippen LogP contribution in [0.5, 0.6) is 0 Å². The highest BCUT2D eigenvalue weighted by Crippen LogP contribution is 2.46. The molecule has 2 aliphatic carbocycles. The molecule has 0 aromatic carbocycles. The number of nitrogens with zero attached hydrogens (tertiary/aromatic N) is 1. The summed E-state index contributed by atoms with van der Waals surface area (Å²) in [6.07, 6.45) is 9.70. The van der Waals surface area contributed by atoms with E-state index in [0.717, 1.165) is 19.3 Å². The van der Waals surface area contributed by atoms with Crippen molar-refractivity contribution in [2.24, 2.45) is 5.92 Å². The first-order valence-electron chi connectivity index (χ1n) is 14.2. The third-order valence-corrected chi connectivity index (χ3v) is 10.2. The molecule has 0 bridgehead atoms. The largest absolute Gasteiger partial charge is 0.444 e. The molecule has 0 aromatic heterocycles.